The highest BCUT2D eigenvalue weighted by Crippen LogP contribution is 2.57. The van der Waals surface area contributed by atoms with Crippen LogP contribution in [0.3, 0.4) is 0 Å². The number of fused-ring (bicyclic) bond motifs is 1. The number of hydrogen-bond donors (Lipinski definition) is 6. The van der Waals surface area contributed by atoms with Gasteiger partial charge in [-0.3, -0.25) is 9.09 Å². The topological polar surface area (TPSA) is 233 Å². The lowest BCUT2D eigenvalue weighted by atomic mass is 10.1. The summed E-state index contributed by atoms with van der Waals surface area (Å²) in [6.07, 6.45) is -6.18. The van der Waals surface area contributed by atoms with Crippen LogP contribution in [-0.2, 0) is 22.7 Å². The molecule has 0 aliphatic carbocycles. The molecule has 3 rings (SSSR count). The van der Waals surface area contributed by atoms with E-state index >= 15 is 0 Å². The Kier molecular flexibility index (Phi) is 5.55. The van der Waals surface area contributed by atoms with Gasteiger partial charge in [0.2, 0.25) is 0 Å². The van der Waals surface area contributed by atoms with Crippen LogP contribution in [0.4, 0.5) is 10.2 Å². The molecule has 1 aliphatic heterocycles. The average Bonchev–Trinajstić information content (AvgIpc) is 3.06. The zero-order chi connectivity index (χ0) is 20.9. The van der Waals surface area contributed by atoms with E-state index in [0.29, 0.717) is 0 Å². The van der Waals surface area contributed by atoms with Crippen LogP contribution in [0, 0.1) is 6.08 Å². The number of halogens is 1. The Balaban J connectivity index is 1.78. The van der Waals surface area contributed by atoms with Crippen molar-refractivity contribution in [3.63, 3.8) is 0 Å². The molecule has 0 spiro atoms. The molecule has 1 fully saturated rings. The predicted octanol–water partition coefficient (Wildman–Crippen LogP) is -1.61. The standard InChI is InChI=1S/C10H14FN5O10P2/c11-10-14-7(12)4-8(15-10)16(2-13-4)9-6(18)5(17)3(25-9)1-24-28(22,23)26-27(19,20)21/h2-3,5-6,9,17-18H,1H2,(H,22,23)(H2,12,14,15)(H2,19,20,21). The van der Waals surface area contributed by atoms with Crippen molar-refractivity contribution in [1.82, 2.24) is 19.5 Å². The number of nitrogen functional groups attached to an aromatic ring is 1. The molecule has 5 unspecified atom stereocenters. The van der Waals surface area contributed by atoms with Crippen LogP contribution in [0.1, 0.15) is 6.23 Å². The minimum absolute atomic E-state index is 0.00120. The number of aliphatic hydroxyl groups is 2. The van der Waals surface area contributed by atoms with Gasteiger partial charge < -0.3 is 35.4 Å². The predicted molar refractivity (Wildman–Crippen MR) is 84.5 cm³/mol. The maximum absolute atomic E-state index is 13.4. The third kappa shape index (κ3) is 4.36. The molecule has 28 heavy (non-hydrogen) atoms. The molecule has 0 bridgehead atoms. The Hall–Kier alpha value is -1.58. The smallest absolute Gasteiger partial charge is 0.387 e. The molecule has 0 aromatic carbocycles. The van der Waals surface area contributed by atoms with Crippen molar-refractivity contribution in [2.75, 3.05) is 12.3 Å². The first-order chi connectivity index (χ1) is 12.9. The van der Waals surface area contributed by atoms with Crippen molar-refractivity contribution < 1.29 is 52.0 Å². The zero-order valence-electron chi connectivity index (χ0n) is 13.5. The Morgan fingerprint density at radius 3 is 2.57 bits per heavy atom. The van der Waals surface area contributed by atoms with Crippen LogP contribution < -0.4 is 5.73 Å². The fourth-order valence-electron chi connectivity index (χ4n) is 2.52. The van der Waals surface area contributed by atoms with E-state index < -0.39 is 52.9 Å². The number of imidazole rings is 1. The van der Waals surface area contributed by atoms with Crippen molar-refractivity contribution >= 4 is 32.6 Å². The monoisotopic (exact) mass is 445 g/mol. The number of anilines is 1. The molecule has 0 saturated carbocycles. The highest BCUT2D eigenvalue weighted by atomic mass is 31.3. The summed E-state index contributed by atoms with van der Waals surface area (Å²) in [7, 11) is -10.5. The van der Waals surface area contributed by atoms with Crippen LogP contribution >= 0.6 is 15.6 Å². The Morgan fingerprint density at radius 2 is 1.93 bits per heavy atom. The molecule has 7 N–H and O–H groups in total. The minimum Gasteiger partial charge on any atom is -0.387 e. The number of phosphoric ester groups is 1. The highest BCUT2D eigenvalue weighted by molar-refractivity contribution is 7.60. The molecule has 1 aliphatic rings. The Bertz CT molecular complexity index is 983. The largest absolute Gasteiger partial charge is 0.481 e. The van der Waals surface area contributed by atoms with Crippen molar-refractivity contribution in [2.24, 2.45) is 0 Å². The van der Waals surface area contributed by atoms with Gasteiger partial charge in [0.05, 0.1) is 12.9 Å². The lowest BCUT2D eigenvalue weighted by Crippen LogP contribution is -2.33. The van der Waals surface area contributed by atoms with Crippen molar-refractivity contribution in [1.29, 1.82) is 0 Å². The number of phosphoric acid groups is 2. The third-order valence-corrected chi connectivity index (χ3v) is 5.80. The van der Waals surface area contributed by atoms with E-state index in [1.807, 2.05) is 0 Å². The minimum atomic E-state index is -5.33. The molecule has 15 nitrogen and oxygen atoms in total. The average molecular weight is 445 g/mol. The van der Waals surface area contributed by atoms with E-state index in [1.54, 1.807) is 0 Å². The number of ether oxygens (including phenoxy) is 1. The molecule has 2 aromatic heterocycles. The quantitative estimate of drug-likeness (QED) is 0.217. The highest BCUT2D eigenvalue weighted by Gasteiger charge is 2.46. The van der Waals surface area contributed by atoms with E-state index in [2.05, 4.69) is 23.8 Å². The van der Waals surface area contributed by atoms with E-state index in [1.165, 1.54) is 0 Å². The summed E-state index contributed by atoms with van der Waals surface area (Å²) in [6, 6.07) is 0. The molecule has 2 aromatic rings. The van der Waals surface area contributed by atoms with Crippen LogP contribution in [0.2, 0.25) is 0 Å². The first-order valence-electron chi connectivity index (χ1n) is 7.29. The first kappa shape index (κ1) is 21.1. The summed E-state index contributed by atoms with van der Waals surface area (Å²) in [6.45, 7) is -0.888. The number of nitrogens with two attached hydrogens (primary N) is 1. The second kappa shape index (κ2) is 7.35. The van der Waals surface area contributed by atoms with Crippen LogP contribution in [-0.4, -0.2) is 69.3 Å². The van der Waals surface area contributed by atoms with E-state index in [4.69, 9.17) is 20.3 Å². The van der Waals surface area contributed by atoms with E-state index in [-0.39, 0.29) is 17.0 Å². The maximum atomic E-state index is 13.4. The summed E-state index contributed by atoms with van der Waals surface area (Å²) in [5.74, 6) is -0.273. The van der Waals surface area contributed by atoms with Gasteiger partial charge in [-0.05, 0) is 0 Å². The number of aliphatic hydroxyl groups excluding tert-OH is 2. The van der Waals surface area contributed by atoms with E-state index in [9.17, 15) is 28.6 Å². The number of rotatable bonds is 6. The first-order valence-corrected chi connectivity index (χ1v) is 10.3. The van der Waals surface area contributed by atoms with Gasteiger partial charge >= 0.3 is 21.7 Å². The fourth-order valence-corrected chi connectivity index (χ4v) is 4.12. The number of aromatic nitrogens is 4. The van der Waals surface area contributed by atoms with Crippen molar-refractivity contribution in [3.05, 3.63) is 12.4 Å². The molecular formula is C10H14FN5O10P2. The lowest BCUT2D eigenvalue weighted by molar-refractivity contribution is -0.0503. The normalized spacial score (nSPS) is 27.9. The molecule has 156 valence electrons. The molecule has 3 heterocycles. The van der Waals surface area contributed by atoms with Crippen molar-refractivity contribution in [3.8, 4) is 0 Å². The van der Waals surface area contributed by atoms with Crippen LogP contribution in [0.25, 0.3) is 11.2 Å². The third-order valence-electron chi connectivity index (χ3n) is 3.64. The Labute approximate surface area is 154 Å². The van der Waals surface area contributed by atoms with Gasteiger partial charge in [0.15, 0.2) is 23.2 Å². The summed E-state index contributed by atoms with van der Waals surface area (Å²) >= 11 is 0. The summed E-state index contributed by atoms with van der Waals surface area (Å²) in [5, 5.41) is 20.2. The van der Waals surface area contributed by atoms with E-state index in [0.717, 1.165) is 10.9 Å². The second-order valence-electron chi connectivity index (χ2n) is 5.58. The van der Waals surface area contributed by atoms with Crippen LogP contribution in [0.5, 0.6) is 0 Å². The molecular weight excluding hydrogens is 431 g/mol. The van der Waals surface area contributed by atoms with Gasteiger partial charge in [0, 0.05) is 0 Å². The van der Waals surface area contributed by atoms with Gasteiger partial charge in [-0.25, -0.2) is 14.1 Å². The van der Waals surface area contributed by atoms with Gasteiger partial charge in [-0.2, -0.15) is 18.7 Å². The SMILES string of the molecule is Nc1nc(F)nc2c1ncn2C1OC(COP(=O)(O)OP(=O)(O)O)C(O)C1O. The molecule has 5 atom stereocenters. The zero-order valence-corrected chi connectivity index (χ0v) is 15.3. The Morgan fingerprint density at radius 1 is 1.25 bits per heavy atom. The fraction of sp³-hybridized carbons (Fsp3) is 0.500. The second-order valence-corrected chi connectivity index (χ2v) is 8.41. The van der Waals surface area contributed by atoms with Gasteiger partial charge in [0.1, 0.15) is 18.3 Å². The number of hydrogen-bond acceptors (Lipinski definition) is 11. The van der Waals surface area contributed by atoms with Crippen molar-refractivity contribution in [2.45, 2.75) is 24.5 Å². The maximum Gasteiger partial charge on any atom is 0.481 e. The van der Waals surface area contributed by atoms with Gasteiger partial charge in [-0.15, -0.1) is 0 Å². The summed E-state index contributed by atoms with van der Waals surface area (Å²) in [4.78, 5) is 37.0. The molecule has 18 heteroatoms. The lowest BCUT2D eigenvalue weighted by Gasteiger charge is -2.17. The molecule has 0 radical (unpaired) electrons. The summed E-state index contributed by atoms with van der Waals surface area (Å²) in [5.41, 5.74) is 5.38. The van der Waals surface area contributed by atoms with Gasteiger partial charge in [0.25, 0.3) is 0 Å². The number of nitrogens with zero attached hydrogens (tertiary/aromatic N) is 4. The summed E-state index contributed by atoms with van der Waals surface area (Å²) < 4.78 is 49.9. The molecule has 1 saturated heterocycles. The van der Waals surface area contributed by atoms with Gasteiger partial charge in [-0.1, -0.05) is 0 Å². The van der Waals surface area contributed by atoms with Crippen LogP contribution in [0.15, 0.2) is 6.33 Å². The molecule has 0 amide bonds.